The first-order valence-electron chi connectivity index (χ1n) is 7.00. The number of benzene rings is 1. The molecular weight excluding hydrogens is 360 g/mol. The summed E-state index contributed by atoms with van der Waals surface area (Å²) in [7, 11) is 0. The fraction of sp³-hybridized carbons (Fsp3) is 0.235. The third-order valence-corrected chi connectivity index (χ3v) is 3.77. The highest BCUT2D eigenvalue weighted by atomic mass is 79.9. The van der Waals surface area contributed by atoms with Gasteiger partial charge in [-0.15, -0.1) is 0 Å². The molecule has 1 aromatic heterocycles. The van der Waals surface area contributed by atoms with E-state index >= 15 is 0 Å². The van der Waals surface area contributed by atoms with Crippen molar-refractivity contribution in [3.63, 3.8) is 0 Å². The van der Waals surface area contributed by atoms with Gasteiger partial charge >= 0.3 is 5.97 Å². The largest absolute Gasteiger partial charge is 0.476 e. The Kier molecular flexibility index (Phi) is 4.85. The number of pyridine rings is 1. The molecule has 0 radical (unpaired) electrons. The van der Waals surface area contributed by atoms with Crippen molar-refractivity contribution >= 4 is 33.5 Å². The Bertz CT molecular complexity index is 749. The van der Waals surface area contributed by atoms with E-state index in [1.54, 1.807) is 18.2 Å². The zero-order valence-electron chi connectivity index (χ0n) is 13.1. The molecule has 1 heterocycles. The number of carbonyl (C=O) groups is 2. The number of carboxylic acid groups (broad SMARTS) is 1. The summed E-state index contributed by atoms with van der Waals surface area (Å²) in [6.45, 7) is 6.28. The third-order valence-electron chi connectivity index (χ3n) is 3.33. The molecule has 0 aliphatic rings. The van der Waals surface area contributed by atoms with Gasteiger partial charge in [-0.3, -0.25) is 4.79 Å². The first-order valence-corrected chi connectivity index (χ1v) is 7.79. The summed E-state index contributed by atoms with van der Waals surface area (Å²) in [6, 6.07) is 10.3. The number of nitrogens with one attached hydrogen (secondary N) is 1. The van der Waals surface area contributed by atoms with Crippen LogP contribution in [0.5, 0.6) is 0 Å². The van der Waals surface area contributed by atoms with Gasteiger partial charge in [-0.1, -0.05) is 32.9 Å². The van der Waals surface area contributed by atoms with Crippen LogP contribution in [0.1, 0.15) is 47.2 Å². The van der Waals surface area contributed by atoms with Gasteiger partial charge in [0.25, 0.3) is 5.91 Å². The summed E-state index contributed by atoms with van der Waals surface area (Å²) < 4.78 is 0.391. The SMILES string of the molecule is CC(C)(C)c1ccc(C(=O)Nc2ccc(Br)nc2C(=O)O)cc1. The lowest BCUT2D eigenvalue weighted by Crippen LogP contribution is -2.16. The summed E-state index contributed by atoms with van der Waals surface area (Å²) >= 11 is 3.12. The average Bonchev–Trinajstić information content (AvgIpc) is 2.48. The van der Waals surface area contributed by atoms with E-state index in [-0.39, 0.29) is 22.7 Å². The van der Waals surface area contributed by atoms with Crippen LogP contribution < -0.4 is 5.32 Å². The molecule has 0 saturated heterocycles. The molecule has 1 amide bonds. The maximum atomic E-state index is 12.3. The summed E-state index contributed by atoms with van der Waals surface area (Å²) in [6.07, 6.45) is 0. The van der Waals surface area contributed by atoms with Crippen molar-refractivity contribution < 1.29 is 14.7 Å². The van der Waals surface area contributed by atoms with Gasteiger partial charge in [-0.25, -0.2) is 9.78 Å². The second kappa shape index (κ2) is 6.50. The molecule has 2 aromatic rings. The summed E-state index contributed by atoms with van der Waals surface area (Å²) in [4.78, 5) is 27.4. The van der Waals surface area contributed by atoms with E-state index in [1.165, 1.54) is 6.07 Å². The number of anilines is 1. The Hall–Kier alpha value is -2.21. The Morgan fingerprint density at radius 3 is 2.22 bits per heavy atom. The van der Waals surface area contributed by atoms with Crippen LogP contribution in [0.4, 0.5) is 5.69 Å². The predicted molar refractivity (Wildman–Crippen MR) is 92.0 cm³/mol. The van der Waals surface area contributed by atoms with Crippen LogP contribution in [-0.4, -0.2) is 22.0 Å². The van der Waals surface area contributed by atoms with Gasteiger partial charge < -0.3 is 10.4 Å². The Morgan fingerprint density at radius 2 is 1.70 bits per heavy atom. The van der Waals surface area contributed by atoms with E-state index in [2.05, 4.69) is 47.0 Å². The summed E-state index contributed by atoms with van der Waals surface area (Å²) in [5, 5.41) is 11.8. The standard InChI is InChI=1S/C17H17BrN2O3/c1-17(2,3)11-6-4-10(5-7-11)15(21)19-12-8-9-13(18)20-14(12)16(22)23/h4-9H,1-3H3,(H,19,21)(H,22,23). The Labute approximate surface area is 142 Å². The summed E-state index contributed by atoms with van der Waals surface area (Å²) in [5.74, 6) is -1.58. The van der Waals surface area contributed by atoms with Crippen LogP contribution in [0.2, 0.25) is 0 Å². The van der Waals surface area contributed by atoms with E-state index in [4.69, 9.17) is 5.11 Å². The van der Waals surface area contributed by atoms with Gasteiger partial charge in [0.15, 0.2) is 5.69 Å². The average molecular weight is 377 g/mol. The fourth-order valence-corrected chi connectivity index (χ4v) is 2.32. The third kappa shape index (κ3) is 4.16. The van der Waals surface area contributed by atoms with Crippen LogP contribution in [0.3, 0.4) is 0 Å². The maximum Gasteiger partial charge on any atom is 0.356 e. The van der Waals surface area contributed by atoms with Gasteiger partial charge in [0.2, 0.25) is 0 Å². The van der Waals surface area contributed by atoms with Crippen LogP contribution >= 0.6 is 15.9 Å². The fourth-order valence-electron chi connectivity index (χ4n) is 2.02. The molecule has 1 aromatic carbocycles. The zero-order chi connectivity index (χ0) is 17.2. The number of nitrogens with zero attached hydrogens (tertiary/aromatic N) is 1. The first-order chi connectivity index (χ1) is 10.7. The molecule has 0 spiro atoms. The zero-order valence-corrected chi connectivity index (χ0v) is 14.6. The lowest BCUT2D eigenvalue weighted by atomic mass is 9.87. The highest BCUT2D eigenvalue weighted by molar-refractivity contribution is 9.10. The minimum atomic E-state index is -1.20. The molecule has 0 saturated carbocycles. The van der Waals surface area contributed by atoms with Crippen molar-refractivity contribution in [1.29, 1.82) is 0 Å². The summed E-state index contributed by atoms with van der Waals surface area (Å²) in [5.41, 5.74) is 1.52. The van der Waals surface area contributed by atoms with Crippen LogP contribution in [0, 0.1) is 0 Å². The molecule has 0 aliphatic heterocycles. The monoisotopic (exact) mass is 376 g/mol. The maximum absolute atomic E-state index is 12.3. The van der Waals surface area contributed by atoms with Gasteiger partial charge in [0, 0.05) is 5.56 Å². The van der Waals surface area contributed by atoms with Gasteiger partial charge in [-0.2, -0.15) is 0 Å². The van der Waals surface area contributed by atoms with Crippen molar-refractivity contribution in [2.24, 2.45) is 0 Å². The molecular formula is C17H17BrN2O3. The number of amides is 1. The first kappa shape index (κ1) is 17.1. The smallest absolute Gasteiger partial charge is 0.356 e. The van der Waals surface area contributed by atoms with E-state index in [0.717, 1.165) is 5.56 Å². The van der Waals surface area contributed by atoms with E-state index < -0.39 is 5.97 Å². The Balaban J connectivity index is 2.24. The number of aromatic nitrogens is 1. The van der Waals surface area contributed by atoms with Crippen molar-refractivity contribution in [1.82, 2.24) is 4.98 Å². The molecule has 6 heteroatoms. The number of hydrogen-bond acceptors (Lipinski definition) is 3. The molecule has 2 rings (SSSR count). The topological polar surface area (TPSA) is 79.3 Å². The van der Waals surface area contributed by atoms with Crippen LogP contribution in [0.25, 0.3) is 0 Å². The van der Waals surface area contributed by atoms with Gasteiger partial charge in [0.05, 0.1) is 5.69 Å². The number of halogens is 1. The van der Waals surface area contributed by atoms with Crippen molar-refractivity contribution in [2.45, 2.75) is 26.2 Å². The number of carbonyl (C=O) groups excluding carboxylic acids is 1. The van der Waals surface area contributed by atoms with E-state index in [9.17, 15) is 9.59 Å². The number of aromatic carboxylic acids is 1. The molecule has 23 heavy (non-hydrogen) atoms. The van der Waals surface area contributed by atoms with Crippen LogP contribution in [-0.2, 0) is 5.41 Å². The normalized spacial score (nSPS) is 11.1. The lowest BCUT2D eigenvalue weighted by molar-refractivity contribution is 0.0691. The number of carboxylic acids is 1. The van der Waals surface area contributed by atoms with Crippen molar-refractivity contribution in [3.8, 4) is 0 Å². The van der Waals surface area contributed by atoms with Gasteiger partial charge in [0.1, 0.15) is 4.60 Å². The second-order valence-electron chi connectivity index (χ2n) is 6.12. The minimum absolute atomic E-state index is 0.00110. The molecule has 2 N–H and O–H groups in total. The Morgan fingerprint density at radius 1 is 1.09 bits per heavy atom. The van der Waals surface area contributed by atoms with Crippen LogP contribution in [0.15, 0.2) is 41.0 Å². The number of rotatable bonds is 3. The molecule has 120 valence electrons. The van der Waals surface area contributed by atoms with Crippen molar-refractivity contribution in [2.75, 3.05) is 5.32 Å². The molecule has 5 nitrogen and oxygen atoms in total. The molecule has 0 fully saturated rings. The minimum Gasteiger partial charge on any atom is -0.476 e. The molecule has 0 atom stereocenters. The molecule has 0 aliphatic carbocycles. The highest BCUT2D eigenvalue weighted by Gasteiger charge is 2.17. The predicted octanol–water partition coefficient (Wildman–Crippen LogP) is 4.09. The highest BCUT2D eigenvalue weighted by Crippen LogP contribution is 2.23. The van der Waals surface area contributed by atoms with E-state index in [0.29, 0.717) is 10.2 Å². The second-order valence-corrected chi connectivity index (χ2v) is 6.93. The molecule has 0 unspecified atom stereocenters. The quantitative estimate of drug-likeness (QED) is 0.790. The number of hydrogen-bond donors (Lipinski definition) is 2. The molecule has 0 bridgehead atoms. The van der Waals surface area contributed by atoms with Crippen molar-refractivity contribution in [3.05, 3.63) is 57.8 Å². The van der Waals surface area contributed by atoms with Gasteiger partial charge in [-0.05, 0) is 51.2 Å². The van der Waals surface area contributed by atoms with E-state index in [1.807, 2.05) is 12.1 Å². The lowest BCUT2D eigenvalue weighted by Gasteiger charge is -2.19.